The molecule has 0 saturated heterocycles. The summed E-state index contributed by atoms with van der Waals surface area (Å²) in [5.74, 6) is 0.0425. The quantitative estimate of drug-likeness (QED) is 0.0222. The number of unbranched alkanes of at least 4 members (excludes halogenated alkanes) is 36. The zero-order chi connectivity index (χ0) is 65.9. The minimum atomic E-state index is -4.95. The molecule has 528 valence electrons. The Bertz CT molecular complexity index is 1750. The smallest absolute Gasteiger partial charge is 0.462 e. The van der Waals surface area contributed by atoms with Crippen molar-refractivity contribution in [3.8, 4) is 0 Å². The number of hydrogen-bond donors (Lipinski definition) is 3. The predicted octanol–water partition coefficient (Wildman–Crippen LogP) is 19.8. The SMILES string of the molecule is CCCCCCCCCCCCCCCCCCC(=O)O[C@H](COC(=O)CCCCCCCCCCC(C)C)COP(=O)(O)OC[C@@H](O)COP(=O)(O)OC[C@@H](COC(=O)CCCCCCCCCCC(C)C)OC(=O)CCCCCCCCCCC(C)C. The molecule has 0 aromatic rings. The number of phosphoric acid groups is 2. The third-order valence-corrected chi connectivity index (χ3v) is 18.0. The summed E-state index contributed by atoms with van der Waals surface area (Å²) in [6.07, 6.45) is 44.5. The molecular formula is C70H136O17P2. The fraction of sp³-hybridized carbons (Fsp3) is 0.943. The van der Waals surface area contributed by atoms with Crippen molar-refractivity contribution in [2.45, 2.75) is 369 Å². The van der Waals surface area contributed by atoms with Crippen molar-refractivity contribution in [2.75, 3.05) is 39.6 Å². The Balaban J connectivity index is 5.24. The van der Waals surface area contributed by atoms with Gasteiger partial charge in [-0.05, 0) is 43.4 Å². The Morgan fingerprint density at radius 3 is 0.764 bits per heavy atom. The van der Waals surface area contributed by atoms with Gasteiger partial charge >= 0.3 is 39.5 Å². The Morgan fingerprint density at radius 2 is 0.517 bits per heavy atom. The van der Waals surface area contributed by atoms with Gasteiger partial charge in [-0.15, -0.1) is 0 Å². The molecule has 0 radical (unpaired) electrons. The molecule has 0 aliphatic rings. The lowest BCUT2D eigenvalue weighted by Crippen LogP contribution is -2.30. The largest absolute Gasteiger partial charge is 0.472 e. The van der Waals surface area contributed by atoms with Crippen LogP contribution in [0.2, 0.25) is 0 Å². The Kier molecular flexibility index (Phi) is 59.6. The van der Waals surface area contributed by atoms with Crippen LogP contribution in [-0.4, -0.2) is 96.7 Å². The summed E-state index contributed by atoms with van der Waals surface area (Å²) >= 11 is 0. The minimum absolute atomic E-state index is 0.104. The number of ether oxygens (including phenoxy) is 4. The molecule has 3 N–H and O–H groups in total. The van der Waals surface area contributed by atoms with Gasteiger partial charge in [0, 0.05) is 25.7 Å². The molecular weight excluding hydrogens is 1170 g/mol. The van der Waals surface area contributed by atoms with E-state index < -0.39 is 97.5 Å². The molecule has 0 aliphatic heterocycles. The van der Waals surface area contributed by atoms with Crippen LogP contribution in [0.5, 0.6) is 0 Å². The van der Waals surface area contributed by atoms with Crippen LogP contribution in [0.25, 0.3) is 0 Å². The van der Waals surface area contributed by atoms with Crippen LogP contribution in [0.1, 0.15) is 350 Å². The normalized spacial score (nSPS) is 14.2. The average molecular weight is 1310 g/mol. The molecule has 0 amide bonds. The third kappa shape index (κ3) is 64.6. The van der Waals surface area contributed by atoms with Gasteiger partial charge in [-0.1, -0.05) is 299 Å². The Labute approximate surface area is 543 Å². The topological polar surface area (TPSA) is 237 Å². The molecule has 0 bridgehead atoms. The molecule has 0 spiro atoms. The minimum Gasteiger partial charge on any atom is -0.462 e. The highest BCUT2D eigenvalue weighted by Crippen LogP contribution is 2.45. The van der Waals surface area contributed by atoms with Gasteiger partial charge in [0.1, 0.15) is 19.3 Å². The summed E-state index contributed by atoms with van der Waals surface area (Å²) < 4.78 is 68.3. The molecule has 0 aromatic heterocycles. The van der Waals surface area contributed by atoms with Crippen LogP contribution in [0.4, 0.5) is 0 Å². The molecule has 5 atom stereocenters. The molecule has 2 unspecified atom stereocenters. The lowest BCUT2D eigenvalue weighted by Gasteiger charge is -2.21. The number of phosphoric ester groups is 2. The first kappa shape index (κ1) is 87.1. The molecule has 0 aliphatic carbocycles. The lowest BCUT2D eigenvalue weighted by atomic mass is 10.0. The van der Waals surface area contributed by atoms with E-state index >= 15 is 0 Å². The second kappa shape index (κ2) is 61.0. The Morgan fingerprint density at radius 1 is 0.303 bits per heavy atom. The third-order valence-electron chi connectivity index (χ3n) is 16.1. The van der Waals surface area contributed by atoms with Crippen LogP contribution in [0.15, 0.2) is 0 Å². The van der Waals surface area contributed by atoms with Crippen LogP contribution < -0.4 is 0 Å². The maximum Gasteiger partial charge on any atom is 0.472 e. The maximum atomic E-state index is 13.0. The van der Waals surface area contributed by atoms with Crippen molar-refractivity contribution in [3.05, 3.63) is 0 Å². The van der Waals surface area contributed by atoms with E-state index in [9.17, 15) is 43.2 Å². The fourth-order valence-corrected chi connectivity index (χ4v) is 12.1. The summed E-state index contributed by atoms with van der Waals surface area (Å²) in [7, 11) is -9.90. The van der Waals surface area contributed by atoms with Crippen LogP contribution in [0, 0.1) is 17.8 Å². The number of esters is 4. The second-order valence-corrected chi connectivity index (χ2v) is 29.6. The van der Waals surface area contributed by atoms with Gasteiger partial charge in [0.2, 0.25) is 0 Å². The monoisotopic (exact) mass is 1310 g/mol. The molecule has 0 saturated carbocycles. The van der Waals surface area contributed by atoms with Crippen molar-refractivity contribution in [1.82, 2.24) is 0 Å². The lowest BCUT2D eigenvalue weighted by molar-refractivity contribution is -0.161. The molecule has 89 heavy (non-hydrogen) atoms. The molecule has 0 fully saturated rings. The van der Waals surface area contributed by atoms with Gasteiger partial charge in [-0.3, -0.25) is 37.3 Å². The van der Waals surface area contributed by atoms with E-state index in [0.29, 0.717) is 25.7 Å². The number of aliphatic hydroxyl groups is 1. The van der Waals surface area contributed by atoms with Gasteiger partial charge in [0.15, 0.2) is 12.2 Å². The van der Waals surface area contributed by atoms with Crippen molar-refractivity contribution < 1.29 is 80.2 Å². The average Bonchev–Trinajstić information content (AvgIpc) is 3.69. The molecule has 0 aromatic carbocycles. The first-order chi connectivity index (χ1) is 42.7. The van der Waals surface area contributed by atoms with E-state index in [1.54, 1.807) is 0 Å². The van der Waals surface area contributed by atoms with Gasteiger partial charge in [0.25, 0.3) is 0 Å². The van der Waals surface area contributed by atoms with Crippen molar-refractivity contribution in [3.63, 3.8) is 0 Å². The highest BCUT2D eigenvalue weighted by molar-refractivity contribution is 7.47. The summed E-state index contributed by atoms with van der Waals surface area (Å²) in [4.78, 5) is 72.5. The van der Waals surface area contributed by atoms with E-state index in [4.69, 9.17) is 37.0 Å². The first-order valence-corrected chi connectivity index (χ1v) is 39.3. The van der Waals surface area contributed by atoms with E-state index in [-0.39, 0.29) is 25.7 Å². The van der Waals surface area contributed by atoms with Gasteiger partial charge in [0.05, 0.1) is 26.4 Å². The predicted molar refractivity (Wildman–Crippen MR) is 358 cm³/mol. The summed E-state index contributed by atoms with van der Waals surface area (Å²) in [5, 5.41) is 10.6. The number of rotatable bonds is 68. The number of carbonyl (C=O) groups excluding carboxylic acids is 4. The van der Waals surface area contributed by atoms with E-state index in [1.807, 2.05) is 0 Å². The number of aliphatic hydroxyl groups excluding tert-OH is 1. The molecule has 0 heterocycles. The fourth-order valence-electron chi connectivity index (χ4n) is 10.5. The highest BCUT2D eigenvalue weighted by Gasteiger charge is 2.30. The summed E-state index contributed by atoms with van der Waals surface area (Å²) in [6.45, 7) is 11.7. The second-order valence-electron chi connectivity index (χ2n) is 26.7. The summed E-state index contributed by atoms with van der Waals surface area (Å²) in [5.41, 5.74) is 0. The van der Waals surface area contributed by atoms with Crippen LogP contribution in [0.3, 0.4) is 0 Å². The van der Waals surface area contributed by atoms with Crippen LogP contribution in [-0.2, 0) is 65.4 Å². The Hall–Kier alpha value is -1.94. The standard InChI is InChI=1S/C70H136O17P2/c1-8-9-10-11-12-13-14-15-16-17-18-19-20-32-39-46-53-69(74)86-65(57-80-67(72)51-44-37-30-24-21-27-34-41-48-61(2)3)59-84-88(76,77)82-55-64(71)56-83-89(78,79)85-60-66(87-70(75)54-47-40-33-26-23-29-36-43-50-63(6)7)58-81-68(73)52-45-38-31-25-22-28-35-42-49-62(4)5/h61-66,71H,8-60H2,1-7H3,(H,76,77)(H,78,79)/t64-,65-,66-/m1/s1. The van der Waals surface area contributed by atoms with E-state index in [1.165, 1.54) is 161 Å². The number of hydrogen-bond acceptors (Lipinski definition) is 15. The van der Waals surface area contributed by atoms with Gasteiger partial charge in [-0.2, -0.15) is 0 Å². The van der Waals surface area contributed by atoms with E-state index in [0.717, 1.165) is 108 Å². The number of carbonyl (C=O) groups is 4. The van der Waals surface area contributed by atoms with Crippen molar-refractivity contribution in [2.24, 2.45) is 17.8 Å². The van der Waals surface area contributed by atoms with Crippen molar-refractivity contribution >= 4 is 39.5 Å². The van der Waals surface area contributed by atoms with Gasteiger partial charge < -0.3 is 33.8 Å². The van der Waals surface area contributed by atoms with Crippen LogP contribution >= 0.6 is 15.6 Å². The molecule has 0 rings (SSSR count). The molecule has 17 nitrogen and oxygen atoms in total. The zero-order valence-corrected chi connectivity index (χ0v) is 59.7. The maximum absolute atomic E-state index is 13.0. The molecule has 19 heteroatoms. The van der Waals surface area contributed by atoms with E-state index in [2.05, 4.69) is 48.5 Å². The summed E-state index contributed by atoms with van der Waals surface area (Å²) in [6, 6.07) is 0. The highest BCUT2D eigenvalue weighted by atomic mass is 31.2. The van der Waals surface area contributed by atoms with Crippen molar-refractivity contribution in [1.29, 1.82) is 0 Å². The zero-order valence-electron chi connectivity index (χ0n) is 57.9. The van der Waals surface area contributed by atoms with Gasteiger partial charge in [-0.25, -0.2) is 9.13 Å². The first-order valence-electron chi connectivity index (χ1n) is 36.3.